The van der Waals surface area contributed by atoms with Gasteiger partial charge in [-0.25, -0.2) is 0 Å². The second-order valence-electron chi connectivity index (χ2n) is 4.15. The highest BCUT2D eigenvalue weighted by atomic mass is 16.5. The van der Waals surface area contributed by atoms with Gasteiger partial charge in [0.05, 0.1) is 12.5 Å². The van der Waals surface area contributed by atoms with Crippen molar-refractivity contribution in [2.45, 2.75) is 18.9 Å². The molecule has 4 N–H and O–H groups in total. The summed E-state index contributed by atoms with van der Waals surface area (Å²) in [7, 11) is 1.59. The van der Waals surface area contributed by atoms with E-state index in [1.165, 1.54) is 0 Å². The molecule has 7 nitrogen and oxygen atoms in total. The van der Waals surface area contributed by atoms with Crippen LogP contribution >= 0.6 is 0 Å². The van der Waals surface area contributed by atoms with Gasteiger partial charge in [0.1, 0.15) is 5.60 Å². The van der Waals surface area contributed by atoms with E-state index in [2.05, 4.69) is 10.5 Å². The first-order chi connectivity index (χ1) is 8.04. The monoisotopic (exact) mass is 245 g/mol. The topological polar surface area (TPSA) is 106 Å². The third kappa shape index (κ3) is 3.31. The van der Waals surface area contributed by atoms with Crippen molar-refractivity contribution in [3.63, 3.8) is 0 Å². The Morgan fingerprint density at radius 2 is 2.47 bits per heavy atom. The Kier molecular flexibility index (Phi) is 4.71. The number of amides is 1. The Morgan fingerprint density at radius 1 is 1.76 bits per heavy atom. The van der Waals surface area contributed by atoms with E-state index in [0.29, 0.717) is 19.8 Å². The summed E-state index contributed by atoms with van der Waals surface area (Å²) in [5.41, 5.74) is 4.89. The number of nitrogens with zero attached hydrogens (tertiary/aromatic N) is 1. The molecule has 0 aromatic rings. The molecular weight excluding hydrogens is 226 g/mol. The van der Waals surface area contributed by atoms with E-state index in [0.717, 1.165) is 6.42 Å². The molecule has 0 aromatic carbocycles. The van der Waals surface area contributed by atoms with Gasteiger partial charge in [-0.3, -0.25) is 4.79 Å². The first kappa shape index (κ1) is 13.7. The van der Waals surface area contributed by atoms with E-state index < -0.39 is 11.5 Å². The van der Waals surface area contributed by atoms with E-state index >= 15 is 0 Å². The molecule has 1 fully saturated rings. The first-order valence-corrected chi connectivity index (χ1v) is 5.43. The predicted molar refractivity (Wildman–Crippen MR) is 60.8 cm³/mol. The number of nitrogens with two attached hydrogens (primary N) is 1. The maximum atomic E-state index is 11.7. The molecule has 0 bridgehead atoms. The fraction of sp³-hybridized carbons (Fsp3) is 0.800. The molecule has 2 atom stereocenters. The van der Waals surface area contributed by atoms with Gasteiger partial charge in [0.15, 0.2) is 5.84 Å². The molecule has 0 aliphatic carbocycles. The maximum absolute atomic E-state index is 11.7. The van der Waals surface area contributed by atoms with Gasteiger partial charge in [-0.1, -0.05) is 5.16 Å². The molecule has 1 rings (SSSR count). The lowest BCUT2D eigenvalue weighted by Gasteiger charge is -2.26. The summed E-state index contributed by atoms with van der Waals surface area (Å²) in [6, 6.07) is 0. The first-order valence-electron chi connectivity index (χ1n) is 5.43. The molecule has 0 saturated carbocycles. The summed E-state index contributed by atoms with van der Waals surface area (Å²) in [4.78, 5) is 11.7. The zero-order chi connectivity index (χ0) is 12.9. The molecule has 0 spiro atoms. The summed E-state index contributed by atoms with van der Waals surface area (Å²) >= 11 is 0. The van der Waals surface area contributed by atoms with Crippen LogP contribution in [0.25, 0.3) is 0 Å². The van der Waals surface area contributed by atoms with Crippen LogP contribution in [-0.2, 0) is 14.3 Å². The Bertz CT molecular complexity index is 300. The fourth-order valence-electron chi connectivity index (χ4n) is 1.58. The zero-order valence-corrected chi connectivity index (χ0v) is 10.1. The number of methoxy groups -OCH3 is 1. The summed E-state index contributed by atoms with van der Waals surface area (Å²) in [5, 5.41) is 14.0. The molecule has 98 valence electrons. The molecule has 0 radical (unpaired) electrons. The minimum atomic E-state index is -0.670. The largest absolute Gasteiger partial charge is 0.409 e. The lowest BCUT2D eigenvalue weighted by atomic mass is 10.0. The normalized spacial score (nSPS) is 26.8. The second kappa shape index (κ2) is 5.83. The lowest BCUT2D eigenvalue weighted by molar-refractivity contribution is -0.124. The van der Waals surface area contributed by atoms with E-state index in [1.54, 1.807) is 14.0 Å². The van der Waals surface area contributed by atoms with Gasteiger partial charge in [0.2, 0.25) is 5.91 Å². The van der Waals surface area contributed by atoms with Crippen molar-refractivity contribution < 1.29 is 19.5 Å². The summed E-state index contributed by atoms with van der Waals surface area (Å²) < 4.78 is 10.6. The molecule has 1 heterocycles. The Morgan fingerprint density at radius 3 is 2.94 bits per heavy atom. The minimum absolute atomic E-state index is 0.114. The number of ether oxygens (including phenoxy) is 2. The molecule has 1 aliphatic heterocycles. The maximum Gasteiger partial charge on any atom is 0.230 e. The minimum Gasteiger partial charge on any atom is -0.409 e. The zero-order valence-electron chi connectivity index (χ0n) is 10.1. The summed E-state index contributed by atoms with van der Waals surface area (Å²) in [6.45, 7) is 3.00. The van der Waals surface area contributed by atoms with Gasteiger partial charge < -0.3 is 25.7 Å². The number of carbonyl (C=O) groups excluding carboxylic acids is 1. The third-order valence-corrected chi connectivity index (χ3v) is 3.04. The SMILES string of the molecule is COC1(CNC(=O)C(C)C(N)=NO)CCOC1. The molecular formula is C10H19N3O4. The van der Waals surface area contributed by atoms with Crippen molar-refractivity contribution in [1.29, 1.82) is 0 Å². The lowest BCUT2D eigenvalue weighted by Crippen LogP contribution is -2.47. The fourth-order valence-corrected chi connectivity index (χ4v) is 1.58. The Labute approximate surface area is 99.9 Å². The van der Waals surface area contributed by atoms with Gasteiger partial charge in [-0.15, -0.1) is 0 Å². The quantitative estimate of drug-likeness (QED) is 0.257. The number of rotatable bonds is 5. The average molecular weight is 245 g/mol. The van der Waals surface area contributed by atoms with Crippen LogP contribution < -0.4 is 11.1 Å². The third-order valence-electron chi connectivity index (χ3n) is 3.04. The van der Waals surface area contributed by atoms with Crippen LogP contribution in [0.3, 0.4) is 0 Å². The van der Waals surface area contributed by atoms with Gasteiger partial charge in [-0.2, -0.15) is 0 Å². The molecule has 0 aromatic heterocycles. The van der Waals surface area contributed by atoms with E-state index in [-0.39, 0.29) is 11.7 Å². The predicted octanol–water partition coefficient (Wildman–Crippen LogP) is -0.709. The second-order valence-corrected chi connectivity index (χ2v) is 4.15. The van der Waals surface area contributed by atoms with Gasteiger partial charge in [0.25, 0.3) is 0 Å². The van der Waals surface area contributed by atoms with E-state index in [4.69, 9.17) is 20.4 Å². The van der Waals surface area contributed by atoms with Crippen molar-refractivity contribution in [2.24, 2.45) is 16.8 Å². The molecule has 1 amide bonds. The van der Waals surface area contributed by atoms with E-state index in [9.17, 15) is 4.79 Å². The molecule has 1 aliphatic rings. The number of hydrogen-bond acceptors (Lipinski definition) is 5. The van der Waals surface area contributed by atoms with Crippen LogP contribution in [0.1, 0.15) is 13.3 Å². The standard InChI is InChI=1S/C10H19N3O4/c1-7(8(11)13-15)9(14)12-5-10(16-2)3-4-17-6-10/h7,15H,3-6H2,1-2H3,(H2,11,13)(H,12,14). The van der Waals surface area contributed by atoms with Crippen molar-refractivity contribution in [1.82, 2.24) is 5.32 Å². The highest BCUT2D eigenvalue weighted by Gasteiger charge is 2.35. The number of oxime groups is 1. The van der Waals surface area contributed by atoms with Crippen LogP contribution in [-0.4, -0.2) is 49.4 Å². The molecule has 2 unspecified atom stereocenters. The molecule has 17 heavy (non-hydrogen) atoms. The van der Waals surface area contributed by atoms with Gasteiger partial charge in [0, 0.05) is 26.7 Å². The average Bonchev–Trinajstić information content (AvgIpc) is 2.83. The van der Waals surface area contributed by atoms with Crippen molar-refractivity contribution >= 4 is 11.7 Å². The van der Waals surface area contributed by atoms with Crippen molar-refractivity contribution in [3.8, 4) is 0 Å². The number of hydrogen-bond donors (Lipinski definition) is 3. The number of carbonyl (C=O) groups is 1. The van der Waals surface area contributed by atoms with Crippen molar-refractivity contribution in [2.75, 3.05) is 26.9 Å². The summed E-state index contributed by atoms with van der Waals surface area (Å²) in [6.07, 6.45) is 0.738. The summed E-state index contributed by atoms with van der Waals surface area (Å²) in [5.74, 6) is -1.09. The molecule has 7 heteroatoms. The van der Waals surface area contributed by atoms with Gasteiger partial charge >= 0.3 is 0 Å². The van der Waals surface area contributed by atoms with Crippen LogP contribution in [0.5, 0.6) is 0 Å². The van der Waals surface area contributed by atoms with Crippen LogP contribution in [0, 0.1) is 5.92 Å². The molecule has 1 saturated heterocycles. The van der Waals surface area contributed by atoms with E-state index in [1.807, 2.05) is 0 Å². The Hall–Kier alpha value is -1.34. The smallest absolute Gasteiger partial charge is 0.230 e. The van der Waals surface area contributed by atoms with Crippen molar-refractivity contribution in [3.05, 3.63) is 0 Å². The van der Waals surface area contributed by atoms with Crippen LogP contribution in [0.15, 0.2) is 5.16 Å². The highest BCUT2D eigenvalue weighted by Crippen LogP contribution is 2.21. The van der Waals surface area contributed by atoms with Gasteiger partial charge in [-0.05, 0) is 6.92 Å². The Balaban J connectivity index is 2.47. The number of nitrogens with one attached hydrogen (secondary N) is 1. The number of amidine groups is 1. The highest BCUT2D eigenvalue weighted by molar-refractivity contribution is 6.01. The van der Waals surface area contributed by atoms with Crippen LogP contribution in [0.2, 0.25) is 0 Å². The van der Waals surface area contributed by atoms with Crippen LogP contribution in [0.4, 0.5) is 0 Å².